The molecule has 3 atom stereocenters. The molecule has 216 valence electrons. The number of hydrogen-bond acceptors (Lipinski definition) is 4. The monoisotopic (exact) mass is 545 g/mol. The fourth-order valence-corrected chi connectivity index (χ4v) is 6.13. The van der Waals surface area contributed by atoms with Gasteiger partial charge in [0.05, 0.1) is 18.5 Å². The molecule has 1 aliphatic heterocycles. The minimum atomic E-state index is -0.496. The van der Waals surface area contributed by atoms with Crippen LogP contribution in [-0.2, 0) is 33.8 Å². The van der Waals surface area contributed by atoms with Gasteiger partial charge in [0.15, 0.2) is 5.78 Å². The van der Waals surface area contributed by atoms with E-state index in [0.717, 1.165) is 63.6 Å². The third-order valence-electron chi connectivity index (χ3n) is 8.48. The van der Waals surface area contributed by atoms with Crippen molar-refractivity contribution in [3.05, 3.63) is 71.3 Å². The third-order valence-corrected chi connectivity index (χ3v) is 8.48. The largest absolute Gasteiger partial charge is 0.353 e. The van der Waals surface area contributed by atoms with Crippen LogP contribution in [0.25, 0.3) is 0 Å². The van der Waals surface area contributed by atoms with Crippen molar-refractivity contribution in [1.29, 1.82) is 0 Å². The Morgan fingerprint density at radius 1 is 0.900 bits per heavy atom. The number of benzene rings is 2. The number of ketones is 1. The van der Waals surface area contributed by atoms with Crippen molar-refractivity contribution in [3.8, 4) is 0 Å². The predicted molar refractivity (Wildman–Crippen MR) is 160 cm³/mol. The number of amides is 2. The number of carbonyl (C=O) groups is 3. The van der Waals surface area contributed by atoms with Crippen LogP contribution in [-0.4, -0.2) is 47.7 Å². The second-order valence-electron chi connectivity index (χ2n) is 12.1. The number of carbonyl (C=O) groups excluding carboxylic acids is 3. The lowest BCUT2D eigenvalue weighted by atomic mass is 9.83. The van der Waals surface area contributed by atoms with E-state index in [1.807, 2.05) is 30.3 Å². The standard InChI is InChI=1S/C34H47N3O3/c1-25(2)18-20-31(32(38)24-37-22-10-15-27-13-6-7-14-28(27)23-37)36-34(40)29-16-8-9-17-30(29)35-33(39)21-19-26-11-4-3-5-12-26/h3-7,11-14,25,29-31H,8-10,15-24H2,1-2H3,(H,35,39)(H,36,40)/t29-,30+,31+/m1/s1. The molecule has 6 heteroatoms. The normalized spacial score (nSPS) is 20.3. The summed E-state index contributed by atoms with van der Waals surface area (Å²) in [6, 6.07) is 17.8. The highest BCUT2D eigenvalue weighted by molar-refractivity contribution is 5.91. The summed E-state index contributed by atoms with van der Waals surface area (Å²) in [7, 11) is 0. The van der Waals surface area contributed by atoms with Gasteiger partial charge in [-0.1, -0.05) is 81.3 Å². The smallest absolute Gasteiger partial charge is 0.225 e. The number of aryl methyl sites for hydroxylation is 2. The fraction of sp³-hybridized carbons (Fsp3) is 0.559. The summed E-state index contributed by atoms with van der Waals surface area (Å²) in [6.45, 7) is 6.30. The Hall–Kier alpha value is -2.99. The fourth-order valence-electron chi connectivity index (χ4n) is 6.13. The number of Topliss-reactive ketones (excluding diaryl/α,β-unsaturated/α-hetero) is 1. The number of nitrogens with zero attached hydrogens (tertiary/aromatic N) is 1. The number of nitrogens with one attached hydrogen (secondary N) is 2. The Bertz CT molecular complexity index is 1120. The summed E-state index contributed by atoms with van der Waals surface area (Å²) in [5.41, 5.74) is 3.80. The van der Waals surface area contributed by atoms with E-state index in [2.05, 4.69) is 53.6 Å². The van der Waals surface area contributed by atoms with Gasteiger partial charge < -0.3 is 10.6 Å². The first kappa shape index (κ1) is 30.0. The Balaban J connectivity index is 1.36. The van der Waals surface area contributed by atoms with E-state index in [0.29, 0.717) is 31.7 Å². The van der Waals surface area contributed by atoms with Gasteiger partial charge >= 0.3 is 0 Å². The van der Waals surface area contributed by atoms with Gasteiger partial charge in [-0.25, -0.2) is 0 Å². The van der Waals surface area contributed by atoms with Gasteiger partial charge in [-0.3, -0.25) is 19.3 Å². The van der Waals surface area contributed by atoms with Gasteiger partial charge in [0.2, 0.25) is 11.8 Å². The summed E-state index contributed by atoms with van der Waals surface area (Å²) in [5, 5.41) is 6.32. The van der Waals surface area contributed by atoms with Gasteiger partial charge in [-0.05, 0) is 74.1 Å². The zero-order valence-corrected chi connectivity index (χ0v) is 24.4. The third kappa shape index (κ3) is 9.02. The first-order chi connectivity index (χ1) is 19.4. The molecule has 1 saturated carbocycles. The molecule has 1 aliphatic carbocycles. The van der Waals surface area contributed by atoms with Crippen molar-refractivity contribution in [2.45, 2.75) is 96.7 Å². The van der Waals surface area contributed by atoms with Gasteiger partial charge in [-0.15, -0.1) is 0 Å². The maximum Gasteiger partial charge on any atom is 0.225 e. The quantitative estimate of drug-likeness (QED) is 0.383. The SMILES string of the molecule is CC(C)CC[C@H](NC(=O)[C@@H]1CCCC[C@@H]1NC(=O)CCc1ccccc1)C(=O)CN1CCCc2ccccc2C1. The molecule has 0 aromatic heterocycles. The molecule has 0 radical (unpaired) electrons. The molecule has 2 amide bonds. The van der Waals surface area contributed by atoms with Crippen molar-refractivity contribution < 1.29 is 14.4 Å². The molecule has 1 fully saturated rings. The van der Waals surface area contributed by atoms with Crippen molar-refractivity contribution in [1.82, 2.24) is 15.5 Å². The van der Waals surface area contributed by atoms with Crippen LogP contribution in [0.3, 0.4) is 0 Å². The lowest BCUT2D eigenvalue weighted by Crippen LogP contribution is -2.52. The van der Waals surface area contributed by atoms with Crippen molar-refractivity contribution in [3.63, 3.8) is 0 Å². The zero-order valence-electron chi connectivity index (χ0n) is 24.4. The zero-order chi connectivity index (χ0) is 28.3. The number of fused-ring (bicyclic) bond motifs is 1. The van der Waals surface area contributed by atoms with E-state index in [1.165, 1.54) is 11.1 Å². The Morgan fingerprint density at radius 2 is 1.62 bits per heavy atom. The average molecular weight is 546 g/mol. The molecule has 6 nitrogen and oxygen atoms in total. The molecule has 0 spiro atoms. The molecular weight excluding hydrogens is 498 g/mol. The van der Waals surface area contributed by atoms with E-state index in [1.54, 1.807) is 0 Å². The predicted octanol–water partition coefficient (Wildman–Crippen LogP) is 5.23. The van der Waals surface area contributed by atoms with Gasteiger partial charge in [0.1, 0.15) is 0 Å². The molecule has 4 rings (SSSR count). The van der Waals surface area contributed by atoms with Crippen LogP contribution in [0.15, 0.2) is 54.6 Å². The highest BCUT2D eigenvalue weighted by Gasteiger charge is 2.34. The van der Waals surface area contributed by atoms with Crippen LogP contribution in [0.1, 0.15) is 81.9 Å². The summed E-state index contributed by atoms with van der Waals surface area (Å²) in [4.78, 5) is 42.3. The van der Waals surface area contributed by atoms with E-state index in [-0.39, 0.29) is 29.6 Å². The lowest BCUT2D eigenvalue weighted by Gasteiger charge is -2.33. The van der Waals surface area contributed by atoms with Gasteiger partial charge in [0.25, 0.3) is 0 Å². The molecule has 0 unspecified atom stereocenters. The van der Waals surface area contributed by atoms with Crippen molar-refractivity contribution >= 4 is 17.6 Å². The summed E-state index contributed by atoms with van der Waals surface area (Å²) in [6.07, 6.45) is 8.18. The molecule has 2 aromatic rings. The van der Waals surface area contributed by atoms with Crippen LogP contribution in [0.2, 0.25) is 0 Å². The molecule has 2 aromatic carbocycles. The molecule has 40 heavy (non-hydrogen) atoms. The molecule has 2 N–H and O–H groups in total. The van der Waals surface area contributed by atoms with Crippen molar-refractivity contribution in [2.24, 2.45) is 11.8 Å². The van der Waals surface area contributed by atoms with Crippen LogP contribution in [0, 0.1) is 11.8 Å². The lowest BCUT2D eigenvalue weighted by molar-refractivity contribution is -0.133. The van der Waals surface area contributed by atoms with E-state index in [4.69, 9.17) is 0 Å². The Kier molecular flexibility index (Phi) is 11.3. The Morgan fingerprint density at radius 3 is 2.40 bits per heavy atom. The first-order valence-electron chi connectivity index (χ1n) is 15.3. The van der Waals surface area contributed by atoms with Gasteiger partial charge in [0, 0.05) is 19.0 Å². The van der Waals surface area contributed by atoms with Crippen LogP contribution in [0.4, 0.5) is 0 Å². The highest BCUT2D eigenvalue weighted by Crippen LogP contribution is 2.26. The molecule has 2 aliphatic rings. The Labute approximate surface area is 240 Å². The minimum Gasteiger partial charge on any atom is -0.353 e. The minimum absolute atomic E-state index is 0.0116. The molecule has 0 saturated heterocycles. The van der Waals surface area contributed by atoms with E-state index in [9.17, 15) is 14.4 Å². The summed E-state index contributed by atoms with van der Waals surface area (Å²) < 4.78 is 0. The topological polar surface area (TPSA) is 78.5 Å². The second kappa shape index (κ2) is 15.1. The van der Waals surface area contributed by atoms with Gasteiger partial charge in [-0.2, -0.15) is 0 Å². The highest BCUT2D eigenvalue weighted by atomic mass is 16.2. The number of rotatable bonds is 12. The van der Waals surface area contributed by atoms with Crippen LogP contribution < -0.4 is 10.6 Å². The average Bonchev–Trinajstić information content (AvgIpc) is 3.16. The maximum absolute atomic E-state index is 13.6. The second-order valence-corrected chi connectivity index (χ2v) is 12.1. The van der Waals surface area contributed by atoms with E-state index < -0.39 is 6.04 Å². The molecule has 0 bridgehead atoms. The molecular formula is C34H47N3O3. The van der Waals surface area contributed by atoms with Crippen LogP contribution >= 0.6 is 0 Å². The molecule has 1 heterocycles. The summed E-state index contributed by atoms with van der Waals surface area (Å²) >= 11 is 0. The van der Waals surface area contributed by atoms with Crippen LogP contribution in [0.5, 0.6) is 0 Å². The summed E-state index contributed by atoms with van der Waals surface area (Å²) in [5.74, 6) is 0.142. The number of hydrogen-bond donors (Lipinski definition) is 2. The van der Waals surface area contributed by atoms with Crippen molar-refractivity contribution in [2.75, 3.05) is 13.1 Å². The first-order valence-corrected chi connectivity index (χ1v) is 15.3. The van der Waals surface area contributed by atoms with E-state index >= 15 is 0 Å². The maximum atomic E-state index is 13.6.